The molecule has 0 atom stereocenters. The third-order valence-corrected chi connectivity index (χ3v) is 6.20. The van der Waals surface area contributed by atoms with Gasteiger partial charge in [-0.05, 0) is 42.8 Å². The van der Waals surface area contributed by atoms with Crippen molar-refractivity contribution < 1.29 is 23.8 Å². The fourth-order valence-electron chi connectivity index (χ4n) is 3.89. The van der Waals surface area contributed by atoms with Crippen molar-refractivity contribution in [1.29, 1.82) is 0 Å². The first-order chi connectivity index (χ1) is 17.0. The molecule has 0 unspecified atom stereocenters. The average Bonchev–Trinajstić information content (AvgIpc) is 2.89. The van der Waals surface area contributed by atoms with Crippen LogP contribution in [0.25, 0.3) is 6.08 Å². The van der Waals surface area contributed by atoms with Gasteiger partial charge in [0.1, 0.15) is 0 Å². The van der Waals surface area contributed by atoms with Crippen molar-refractivity contribution in [2.24, 2.45) is 0 Å². The predicted molar refractivity (Wildman–Crippen MR) is 137 cm³/mol. The lowest BCUT2D eigenvalue weighted by Gasteiger charge is -2.34. The lowest BCUT2D eigenvalue weighted by atomic mass is 10.1. The molecule has 1 aliphatic heterocycles. The van der Waals surface area contributed by atoms with Crippen molar-refractivity contribution in [2.75, 3.05) is 60.6 Å². The van der Waals surface area contributed by atoms with Gasteiger partial charge in [-0.2, -0.15) is 0 Å². The van der Waals surface area contributed by atoms with Crippen LogP contribution in [0, 0.1) is 0 Å². The van der Waals surface area contributed by atoms with Crippen LogP contribution in [0.3, 0.4) is 0 Å². The highest BCUT2D eigenvalue weighted by atomic mass is 35.5. The Morgan fingerprint density at radius 1 is 1.00 bits per heavy atom. The molecule has 0 radical (unpaired) electrons. The van der Waals surface area contributed by atoms with Crippen molar-refractivity contribution >= 4 is 29.5 Å². The summed E-state index contributed by atoms with van der Waals surface area (Å²) in [6.07, 6.45) is 4.14. The number of hydrogen-bond acceptors (Lipinski definition) is 6. The Morgan fingerprint density at radius 2 is 1.66 bits per heavy atom. The second-order valence-corrected chi connectivity index (χ2v) is 8.45. The van der Waals surface area contributed by atoms with Gasteiger partial charge in [0.05, 0.1) is 21.3 Å². The van der Waals surface area contributed by atoms with Gasteiger partial charge in [0.2, 0.25) is 11.7 Å². The zero-order valence-electron chi connectivity index (χ0n) is 20.4. The minimum absolute atomic E-state index is 0.0119. The van der Waals surface area contributed by atoms with Crippen LogP contribution >= 0.6 is 11.6 Å². The molecule has 1 heterocycles. The van der Waals surface area contributed by atoms with Crippen LogP contribution in [0.5, 0.6) is 17.2 Å². The molecular formula is C26H32ClN3O5. The molecule has 35 heavy (non-hydrogen) atoms. The highest BCUT2D eigenvalue weighted by Gasteiger charge is 2.20. The summed E-state index contributed by atoms with van der Waals surface area (Å²) in [7, 11) is 4.55. The van der Waals surface area contributed by atoms with Gasteiger partial charge in [-0.3, -0.25) is 14.5 Å². The van der Waals surface area contributed by atoms with E-state index in [-0.39, 0.29) is 11.8 Å². The van der Waals surface area contributed by atoms with E-state index < -0.39 is 0 Å². The first-order valence-electron chi connectivity index (χ1n) is 11.5. The average molecular weight is 502 g/mol. The Hall–Kier alpha value is -3.23. The molecular weight excluding hydrogens is 470 g/mol. The Kier molecular flexibility index (Phi) is 9.81. The second-order valence-electron chi connectivity index (χ2n) is 8.05. The number of hydrogen-bond donors (Lipinski definition) is 1. The molecule has 8 nitrogen and oxygen atoms in total. The molecule has 1 aliphatic rings. The minimum Gasteiger partial charge on any atom is -0.493 e. The highest BCUT2D eigenvalue weighted by Crippen LogP contribution is 2.38. The fraction of sp³-hybridized carbons (Fsp3) is 0.385. The maximum absolute atomic E-state index is 12.6. The summed E-state index contributed by atoms with van der Waals surface area (Å²) in [6, 6.07) is 10.7. The summed E-state index contributed by atoms with van der Waals surface area (Å²) in [5.41, 5.74) is 1.27. The molecule has 0 aromatic heterocycles. The number of amides is 2. The molecule has 1 N–H and O–H groups in total. The van der Waals surface area contributed by atoms with Gasteiger partial charge in [0.15, 0.2) is 11.5 Å². The highest BCUT2D eigenvalue weighted by molar-refractivity contribution is 6.32. The van der Waals surface area contributed by atoms with Crippen molar-refractivity contribution in [1.82, 2.24) is 15.1 Å². The normalized spacial score (nSPS) is 14.1. The number of ether oxygens (including phenoxy) is 3. The quantitative estimate of drug-likeness (QED) is 0.397. The Balaban J connectivity index is 1.40. The molecule has 0 bridgehead atoms. The zero-order chi connectivity index (χ0) is 25.2. The van der Waals surface area contributed by atoms with Crippen LogP contribution in [-0.2, 0) is 4.79 Å². The fourth-order valence-corrected chi connectivity index (χ4v) is 4.09. The van der Waals surface area contributed by atoms with E-state index in [1.807, 2.05) is 23.1 Å². The molecule has 188 valence electrons. The molecule has 0 saturated carbocycles. The summed E-state index contributed by atoms with van der Waals surface area (Å²) in [4.78, 5) is 29.2. The SMILES string of the molecule is COc1cc(C(=O)NCCCN2CCN(C(=O)C=Cc3ccccc3Cl)CC2)cc(OC)c1OC. The predicted octanol–water partition coefficient (Wildman–Crippen LogP) is 3.34. The summed E-state index contributed by atoms with van der Waals surface area (Å²) in [5, 5.41) is 3.56. The Labute approximate surface area is 211 Å². The molecule has 1 fully saturated rings. The van der Waals surface area contributed by atoms with E-state index in [1.54, 1.807) is 30.4 Å². The number of piperazine rings is 1. The van der Waals surface area contributed by atoms with E-state index in [9.17, 15) is 9.59 Å². The molecule has 9 heteroatoms. The van der Waals surface area contributed by atoms with Crippen molar-refractivity contribution in [3.8, 4) is 17.2 Å². The minimum atomic E-state index is -0.204. The summed E-state index contributed by atoms with van der Waals surface area (Å²) in [6.45, 7) is 4.31. The Morgan fingerprint density at radius 3 is 2.26 bits per heavy atom. The number of nitrogens with one attached hydrogen (secondary N) is 1. The van der Waals surface area contributed by atoms with E-state index in [4.69, 9.17) is 25.8 Å². The van der Waals surface area contributed by atoms with Crippen LogP contribution in [0.15, 0.2) is 42.5 Å². The van der Waals surface area contributed by atoms with Gasteiger partial charge in [0, 0.05) is 49.4 Å². The standard InChI is InChI=1S/C26H32ClN3O5/c1-33-22-17-20(18-23(34-2)25(22)35-3)26(32)28-11-6-12-29-13-15-30(16-14-29)24(31)10-9-19-7-4-5-8-21(19)27/h4-5,7-10,17-18H,6,11-16H2,1-3H3,(H,28,32). The van der Waals surface area contributed by atoms with E-state index in [0.29, 0.717) is 47.5 Å². The van der Waals surface area contributed by atoms with Gasteiger partial charge in [-0.15, -0.1) is 0 Å². The third-order valence-electron chi connectivity index (χ3n) is 5.86. The maximum atomic E-state index is 12.6. The summed E-state index contributed by atoms with van der Waals surface area (Å²) < 4.78 is 15.9. The number of nitrogens with zero attached hydrogens (tertiary/aromatic N) is 2. The number of rotatable bonds is 10. The van der Waals surface area contributed by atoms with Crippen LogP contribution in [0.4, 0.5) is 0 Å². The van der Waals surface area contributed by atoms with Gasteiger partial charge < -0.3 is 24.4 Å². The molecule has 3 rings (SSSR count). The lowest BCUT2D eigenvalue weighted by Crippen LogP contribution is -2.48. The van der Waals surface area contributed by atoms with Gasteiger partial charge >= 0.3 is 0 Å². The second kappa shape index (κ2) is 13.0. The molecule has 2 aromatic carbocycles. The summed E-state index contributed by atoms with van der Waals surface area (Å²) in [5.74, 6) is 1.10. The van der Waals surface area contributed by atoms with Gasteiger partial charge in [0.25, 0.3) is 5.91 Å². The maximum Gasteiger partial charge on any atom is 0.251 e. The first kappa shape index (κ1) is 26.4. The number of carbonyl (C=O) groups excluding carboxylic acids is 2. The third kappa shape index (κ3) is 7.13. The van der Waals surface area contributed by atoms with E-state index in [1.165, 1.54) is 21.3 Å². The lowest BCUT2D eigenvalue weighted by molar-refractivity contribution is -0.127. The van der Waals surface area contributed by atoms with Crippen molar-refractivity contribution in [3.63, 3.8) is 0 Å². The van der Waals surface area contributed by atoms with Crippen LogP contribution in [-0.4, -0.2) is 82.2 Å². The molecule has 2 amide bonds. The molecule has 0 spiro atoms. The van der Waals surface area contributed by atoms with E-state index in [0.717, 1.165) is 31.6 Å². The number of carbonyl (C=O) groups is 2. The number of halogens is 1. The van der Waals surface area contributed by atoms with Crippen LogP contribution in [0.2, 0.25) is 5.02 Å². The largest absolute Gasteiger partial charge is 0.493 e. The molecule has 2 aromatic rings. The molecule has 1 saturated heterocycles. The number of benzene rings is 2. The van der Waals surface area contributed by atoms with E-state index >= 15 is 0 Å². The van der Waals surface area contributed by atoms with Gasteiger partial charge in [-0.25, -0.2) is 0 Å². The summed E-state index contributed by atoms with van der Waals surface area (Å²) >= 11 is 6.14. The number of methoxy groups -OCH3 is 3. The van der Waals surface area contributed by atoms with Crippen molar-refractivity contribution in [2.45, 2.75) is 6.42 Å². The molecule has 0 aliphatic carbocycles. The topological polar surface area (TPSA) is 80.3 Å². The zero-order valence-corrected chi connectivity index (χ0v) is 21.1. The smallest absolute Gasteiger partial charge is 0.251 e. The van der Waals surface area contributed by atoms with Gasteiger partial charge in [-0.1, -0.05) is 29.8 Å². The van der Waals surface area contributed by atoms with Crippen LogP contribution in [0.1, 0.15) is 22.3 Å². The van der Waals surface area contributed by atoms with E-state index in [2.05, 4.69) is 10.2 Å². The van der Waals surface area contributed by atoms with Crippen molar-refractivity contribution in [3.05, 3.63) is 58.6 Å². The first-order valence-corrected chi connectivity index (χ1v) is 11.9. The Bertz CT molecular complexity index is 1030. The monoisotopic (exact) mass is 501 g/mol. The van der Waals surface area contributed by atoms with Crippen LogP contribution < -0.4 is 19.5 Å².